The number of aromatic nitrogens is 2. The average molecular weight is 284 g/mol. The molecule has 7 heteroatoms. The Morgan fingerprint density at radius 3 is 2.65 bits per heavy atom. The summed E-state index contributed by atoms with van der Waals surface area (Å²) in [5.41, 5.74) is -0.201. The summed E-state index contributed by atoms with van der Waals surface area (Å²) in [6, 6.07) is -0.281. The minimum absolute atomic E-state index is 0.128. The molecule has 1 rings (SSSR count). The lowest BCUT2D eigenvalue weighted by atomic mass is 9.97. The summed E-state index contributed by atoms with van der Waals surface area (Å²) < 4.78 is 5.13. The van der Waals surface area contributed by atoms with Gasteiger partial charge in [0.1, 0.15) is 0 Å². The zero-order valence-corrected chi connectivity index (χ0v) is 12.6. The first-order valence-corrected chi connectivity index (χ1v) is 6.78. The minimum Gasteiger partial charge on any atom is -0.396 e. The molecule has 0 spiro atoms. The van der Waals surface area contributed by atoms with Gasteiger partial charge >= 0.3 is 6.03 Å². The SMILES string of the molecule is CC(CCO)CNC(=O)NCc1noc(C(C)(C)C)n1. The highest BCUT2D eigenvalue weighted by Crippen LogP contribution is 2.19. The first-order valence-electron chi connectivity index (χ1n) is 6.78. The van der Waals surface area contributed by atoms with Crippen molar-refractivity contribution in [1.82, 2.24) is 20.8 Å². The molecule has 0 radical (unpaired) electrons. The Morgan fingerprint density at radius 1 is 1.40 bits per heavy atom. The number of amides is 2. The van der Waals surface area contributed by atoms with Crippen LogP contribution < -0.4 is 10.6 Å². The second-order valence-corrected chi connectivity index (χ2v) is 5.95. The molecule has 7 nitrogen and oxygen atoms in total. The van der Waals surface area contributed by atoms with Gasteiger partial charge in [0.15, 0.2) is 5.82 Å². The van der Waals surface area contributed by atoms with Gasteiger partial charge in [-0.1, -0.05) is 32.9 Å². The maximum atomic E-state index is 11.6. The summed E-state index contributed by atoms with van der Waals surface area (Å²) in [5.74, 6) is 1.24. The van der Waals surface area contributed by atoms with E-state index >= 15 is 0 Å². The number of aliphatic hydroxyl groups is 1. The lowest BCUT2D eigenvalue weighted by Gasteiger charge is -2.11. The predicted octanol–water partition coefficient (Wildman–Crippen LogP) is 1.18. The molecule has 0 bridgehead atoms. The second-order valence-electron chi connectivity index (χ2n) is 5.95. The van der Waals surface area contributed by atoms with E-state index in [1.165, 1.54) is 0 Å². The first-order chi connectivity index (χ1) is 9.32. The molecule has 1 unspecified atom stereocenters. The molecule has 2 amide bonds. The van der Waals surface area contributed by atoms with E-state index in [4.69, 9.17) is 9.63 Å². The number of hydrogen-bond donors (Lipinski definition) is 3. The molecule has 114 valence electrons. The fourth-order valence-electron chi connectivity index (χ4n) is 1.44. The Bertz CT molecular complexity index is 425. The average Bonchev–Trinajstić information content (AvgIpc) is 2.83. The summed E-state index contributed by atoms with van der Waals surface area (Å²) >= 11 is 0. The van der Waals surface area contributed by atoms with Gasteiger partial charge in [0.2, 0.25) is 5.89 Å². The molecule has 20 heavy (non-hydrogen) atoms. The van der Waals surface area contributed by atoms with Crippen molar-refractivity contribution in [1.29, 1.82) is 0 Å². The lowest BCUT2D eigenvalue weighted by Crippen LogP contribution is -2.37. The van der Waals surface area contributed by atoms with E-state index in [1.54, 1.807) is 0 Å². The smallest absolute Gasteiger partial charge is 0.315 e. The van der Waals surface area contributed by atoms with Gasteiger partial charge in [0, 0.05) is 18.6 Å². The highest BCUT2D eigenvalue weighted by Gasteiger charge is 2.21. The Morgan fingerprint density at radius 2 is 2.10 bits per heavy atom. The van der Waals surface area contributed by atoms with Gasteiger partial charge in [-0.05, 0) is 12.3 Å². The first kappa shape index (κ1) is 16.4. The van der Waals surface area contributed by atoms with Crippen molar-refractivity contribution in [2.45, 2.75) is 46.1 Å². The molecule has 1 atom stereocenters. The Kier molecular flexibility index (Phi) is 5.94. The number of carbonyl (C=O) groups excluding carboxylic acids is 1. The highest BCUT2D eigenvalue weighted by atomic mass is 16.5. The topological polar surface area (TPSA) is 100 Å². The molecule has 0 aromatic carbocycles. The molecule has 0 aliphatic rings. The van der Waals surface area contributed by atoms with Gasteiger partial charge in [0.25, 0.3) is 0 Å². The van der Waals surface area contributed by atoms with Crippen molar-refractivity contribution in [3.05, 3.63) is 11.7 Å². The van der Waals surface area contributed by atoms with Crippen LogP contribution in [0.1, 0.15) is 45.8 Å². The summed E-state index contributed by atoms with van der Waals surface area (Å²) in [6.07, 6.45) is 0.667. The number of hydrogen-bond acceptors (Lipinski definition) is 5. The number of carbonyl (C=O) groups is 1. The van der Waals surface area contributed by atoms with Gasteiger partial charge in [-0.3, -0.25) is 0 Å². The molecule has 0 saturated carbocycles. The standard InChI is InChI=1S/C13H24N4O3/c1-9(5-6-18)7-14-12(19)15-8-10-16-11(20-17-10)13(2,3)4/h9,18H,5-8H2,1-4H3,(H2,14,15,19). The van der Waals surface area contributed by atoms with Crippen molar-refractivity contribution in [3.8, 4) is 0 Å². The van der Waals surface area contributed by atoms with Gasteiger partial charge in [-0.15, -0.1) is 0 Å². The van der Waals surface area contributed by atoms with E-state index in [0.29, 0.717) is 24.7 Å². The van der Waals surface area contributed by atoms with Crippen LogP contribution in [0.2, 0.25) is 0 Å². The normalized spacial score (nSPS) is 13.1. The molecular weight excluding hydrogens is 260 g/mol. The van der Waals surface area contributed by atoms with Crippen molar-refractivity contribution >= 4 is 6.03 Å². The van der Waals surface area contributed by atoms with E-state index in [2.05, 4.69) is 20.8 Å². The second kappa shape index (κ2) is 7.23. The van der Waals surface area contributed by atoms with Crippen molar-refractivity contribution < 1.29 is 14.4 Å². The van der Waals surface area contributed by atoms with Crippen LogP contribution in [0.3, 0.4) is 0 Å². The summed E-state index contributed by atoms with van der Waals surface area (Å²) in [5, 5.41) is 18.0. The van der Waals surface area contributed by atoms with Gasteiger partial charge < -0.3 is 20.3 Å². The van der Waals surface area contributed by atoms with Crippen LogP contribution in [0, 0.1) is 5.92 Å². The molecule has 1 aromatic rings. The van der Waals surface area contributed by atoms with Crippen LogP contribution >= 0.6 is 0 Å². The van der Waals surface area contributed by atoms with Gasteiger partial charge in [-0.25, -0.2) is 4.79 Å². The Balaban J connectivity index is 2.32. The molecular formula is C13H24N4O3. The molecule has 0 fully saturated rings. The van der Waals surface area contributed by atoms with E-state index in [1.807, 2.05) is 27.7 Å². The van der Waals surface area contributed by atoms with Gasteiger partial charge in [0.05, 0.1) is 6.54 Å². The van der Waals surface area contributed by atoms with Crippen LogP contribution in [-0.2, 0) is 12.0 Å². The number of urea groups is 1. The summed E-state index contributed by atoms with van der Waals surface area (Å²) in [6.45, 7) is 8.77. The molecule has 0 aliphatic heterocycles. The van der Waals surface area contributed by atoms with E-state index in [0.717, 1.165) is 0 Å². The zero-order valence-electron chi connectivity index (χ0n) is 12.6. The van der Waals surface area contributed by atoms with Crippen LogP contribution in [-0.4, -0.2) is 34.4 Å². The quantitative estimate of drug-likeness (QED) is 0.728. The van der Waals surface area contributed by atoms with Crippen LogP contribution in [0.5, 0.6) is 0 Å². The lowest BCUT2D eigenvalue weighted by molar-refractivity contribution is 0.233. The maximum absolute atomic E-state index is 11.6. The molecule has 1 heterocycles. The zero-order chi connectivity index (χ0) is 15.2. The summed E-state index contributed by atoms with van der Waals surface area (Å²) in [7, 11) is 0. The van der Waals surface area contributed by atoms with Gasteiger partial charge in [-0.2, -0.15) is 4.98 Å². The number of nitrogens with zero attached hydrogens (tertiary/aromatic N) is 2. The van der Waals surface area contributed by atoms with Crippen LogP contribution in [0.15, 0.2) is 4.52 Å². The van der Waals surface area contributed by atoms with Crippen LogP contribution in [0.4, 0.5) is 4.79 Å². The third kappa shape index (κ3) is 5.56. The van der Waals surface area contributed by atoms with E-state index in [-0.39, 0.29) is 30.5 Å². The maximum Gasteiger partial charge on any atom is 0.315 e. The molecule has 3 N–H and O–H groups in total. The van der Waals surface area contributed by atoms with Crippen molar-refractivity contribution in [2.75, 3.05) is 13.2 Å². The number of aliphatic hydroxyl groups excluding tert-OH is 1. The monoisotopic (exact) mass is 284 g/mol. The van der Waals surface area contributed by atoms with E-state index < -0.39 is 0 Å². The van der Waals surface area contributed by atoms with Crippen molar-refractivity contribution in [3.63, 3.8) is 0 Å². The minimum atomic E-state index is -0.281. The van der Waals surface area contributed by atoms with E-state index in [9.17, 15) is 4.79 Å². The fourth-order valence-corrected chi connectivity index (χ4v) is 1.44. The highest BCUT2D eigenvalue weighted by molar-refractivity contribution is 5.73. The third-order valence-corrected chi connectivity index (χ3v) is 2.75. The third-order valence-electron chi connectivity index (χ3n) is 2.75. The summed E-state index contributed by atoms with van der Waals surface area (Å²) in [4.78, 5) is 15.8. The Hall–Kier alpha value is -1.63. The number of rotatable bonds is 6. The molecule has 0 saturated heterocycles. The number of nitrogens with one attached hydrogen (secondary N) is 2. The predicted molar refractivity (Wildman–Crippen MR) is 74.1 cm³/mol. The fraction of sp³-hybridized carbons (Fsp3) is 0.769. The van der Waals surface area contributed by atoms with Crippen LogP contribution in [0.25, 0.3) is 0 Å². The van der Waals surface area contributed by atoms with Crippen molar-refractivity contribution in [2.24, 2.45) is 5.92 Å². The largest absolute Gasteiger partial charge is 0.396 e. The molecule has 0 aliphatic carbocycles. The molecule has 1 aromatic heterocycles. The Labute approximate surface area is 119 Å².